The first kappa shape index (κ1) is 8.75. The molecule has 1 fully saturated rings. The molecule has 3 nitrogen and oxygen atoms in total. The highest BCUT2D eigenvalue weighted by molar-refractivity contribution is 5.89. The zero-order valence-electron chi connectivity index (χ0n) is 7.88. The van der Waals surface area contributed by atoms with Crippen LogP contribution in [-0.2, 0) is 4.79 Å². The number of likely N-dealkylation sites (tertiary alicyclic amines) is 1. The summed E-state index contributed by atoms with van der Waals surface area (Å²) in [5, 5.41) is 2.80. The van der Waals surface area contributed by atoms with Crippen molar-refractivity contribution in [3.8, 4) is 0 Å². The molecular formula is C10H16N2O. The monoisotopic (exact) mass is 180 g/mol. The van der Waals surface area contributed by atoms with Gasteiger partial charge >= 0.3 is 0 Å². The Labute approximate surface area is 78.8 Å². The molecule has 2 aliphatic heterocycles. The maximum Gasteiger partial charge on any atom is 0.243 e. The van der Waals surface area contributed by atoms with E-state index in [0.29, 0.717) is 0 Å². The molecule has 13 heavy (non-hydrogen) atoms. The summed E-state index contributed by atoms with van der Waals surface area (Å²) in [6.45, 7) is 4.24. The highest BCUT2D eigenvalue weighted by Crippen LogP contribution is 2.13. The van der Waals surface area contributed by atoms with Gasteiger partial charge in [-0.1, -0.05) is 0 Å². The number of carbonyl (C=O) groups excluding carboxylic acids is 1. The number of nitrogens with one attached hydrogen (secondary N) is 1. The first-order valence-corrected chi connectivity index (χ1v) is 5.04. The fraction of sp³-hybridized carbons (Fsp3) is 0.700. The number of amides is 1. The van der Waals surface area contributed by atoms with E-state index in [2.05, 4.69) is 10.2 Å². The number of carbonyl (C=O) groups is 1. The molecule has 2 heterocycles. The van der Waals surface area contributed by atoms with Gasteiger partial charge in [0.2, 0.25) is 5.91 Å². The molecule has 0 spiro atoms. The number of nitrogens with zero attached hydrogens (tertiary/aromatic N) is 1. The van der Waals surface area contributed by atoms with Crippen molar-refractivity contribution in [1.82, 2.24) is 10.2 Å². The Balaban J connectivity index is 1.89. The van der Waals surface area contributed by atoms with E-state index in [4.69, 9.17) is 0 Å². The van der Waals surface area contributed by atoms with Gasteiger partial charge in [0.1, 0.15) is 0 Å². The highest BCUT2D eigenvalue weighted by atomic mass is 16.1. The summed E-state index contributed by atoms with van der Waals surface area (Å²) in [5.74, 6) is 0.0837. The molecule has 0 atom stereocenters. The third kappa shape index (κ3) is 2.31. The van der Waals surface area contributed by atoms with Crippen LogP contribution in [0.25, 0.3) is 0 Å². The van der Waals surface area contributed by atoms with Gasteiger partial charge in [-0.3, -0.25) is 9.69 Å². The molecule has 0 radical (unpaired) electrons. The van der Waals surface area contributed by atoms with Gasteiger partial charge < -0.3 is 5.32 Å². The zero-order chi connectivity index (χ0) is 9.10. The Morgan fingerprint density at radius 3 is 2.85 bits per heavy atom. The second-order valence-corrected chi connectivity index (χ2v) is 3.83. The summed E-state index contributed by atoms with van der Waals surface area (Å²) in [6.07, 6.45) is 5.43. The van der Waals surface area contributed by atoms with E-state index >= 15 is 0 Å². The van der Waals surface area contributed by atoms with Gasteiger partial charge in [0.15, 0.2) is 0 Å². The molecule has 0 unspecified atom stereocenters. The molecule has 0 aliphatic carbocycles. The maximum absolute atomic E-state index is 11.0. The topological polar surface area (TPSA) is 32.3 Å². The molecule has 1 N–H and O–H groups in total. The Morgan fingerprint density at radius 2 is 2.15 bits per heavy atom. The van der Waals surface area contributed by atoms with Gasteiger partial charge in [-0.2, -0.15) is 0 Å². The van der Waals surface area contributed by atoms with Gasteiger partial charge in [-0.25, -0.2) is 0 Å². The van der Waals surface area contributed by atoms with E-state index in [-0.39, 0.29) is 5.91 Å². The predicted molar refractivity (Wildman–Crippen MR) is 51.4 cm³/mol. The average molecular weight is 180 g/mol. The molecule has 0 aromatic carbocycles. The summed E-state index contributed by atoms with van der Waals surface area (Å²) in [6, 6.07) is 0. The normalized spacial score (nSPS) is 24.3. The van der Waals surface area contributed by atoms with Crippen molar-refractivity contribution in [2.45, 2.75) is 19.3 Å². The Morgan fingerprint density at radius 1 is 1.38 bits per heavy atom. The molecular weight excluding hydrogens is 164 g/mol. The lowest BCUT2D eigenvalue weighted by Crippen LogP contribution is -2.31. The molecule has 0 aromatic heterocycles. The van der Waals surface area contributed by atoms with Crippen molar-refractivity contribution in [2.24, 2.45) is 0 Å². The van der Waals surface area contributed by atoms with Crippen LogP contribution in [0.15, 0.2) is 11.6 Å². The lowest BCUT2D eigenvalue weighted by atomic mass is 10.1. The number of hydrogen-bond donors (Lipinski definition) is 1. The van der Waals surface area contributed by atoms with Crippen LogP contribution in [0.5, 0.6) is 0 Å². The van der Waals surface area contributed by atoms with Gasteiger partial charge in [-0.15, -0.1) is 0 Å². The Kier molecular flexibility index (Phi) is 2.64. The third-order valence-electron chi connectivity index (χ3n) is 2.71. The van der Waals surface area contributed by atoms with Crippen LogP contribution in [0.4, 0.5) is 0 Å². The van der Waals surface area contributed by atoms with Gasteiger partial charge in [-0.05, 0) is 37.9 Å². The van der Waals surface area contributed by atoms with Gasteiger partial charge in [0.05, 0.1) is 0 Å². The van der Waals surface area contributed by atoms with Crippen LogP contribution in [-0.4, -0.2) is 37.0 Å². The molecule has 72 valence electrons. The maximum atomic E-state index is 11.0. The summed E-state index contributed by atoms with van der Waals surface area (Å²) >= 11 is 0. The minimum absolute atomic E-state index is 0.0837. The minimum atomic E-state index is 0.0837. The molecule has 1 amide bonds. The lowest BCUT2D eigenvalue weighted by Gasteiger charge is -2.19. The molecule has 0 bridgehead atoms. The first-order valence-electron chi connectivity index (χ1n) is 5.04. The lowest BCUT2D eigenvalue weighted by molar-refractivity contribution is -0.116. The van der Waals surface area contributed by atoms with Crippen molar-refractivity contribution in [3.63, 3.8) is 0 Å². The summed E-state index contributed by atoms with van der Waals surface area (Å²) in [7, 11) is 0. The van der Waals surface area contributed by atoms with Crippen molar-refractivity contribution in [1.29, 1.82) is 0 Å². The van der Waals surface area contributed by atoms with E-state index in [9.17, 15) is 4.79 Å². The molecule has 2 aliphatic rings. The van der Waals surface area contributed by atoms with E-state index in [1.54, 1.807) is 6.08 Å². The Hall–Kier alpha value is -0.830. The van der Waals surface area contributed by atoms with Crippen molar-refractivity contribution in [3.05, 3.63) is 11.6 Å². The van der Waals surface area contributed by atoms with Gasteiger partial charge in [0, 0.05) is 19.2 Å². The number of rotatable bonds is 2. The molecule has 0 saturated carbocycles. The van der Waals surface area contributed by atoms with Crippen molar-refractivity contribution >= 4 is 5.91 Å². The van der Waals surface area contributed by atoms with Crippen LogP contribution < -0.4 is 5.32 Å². The number of hydrogen-bond acceptors (Lipinski definition) is 2. The second-order valence-electron chi connectivity index (χ2n) is 3.83. The fourth-order valence-corrected chi connectivity index (χ4v) is 2.01. The van der Waals surface area contributed by atoms with Gasteiger partial charge in [0.25, 0.3) is 0 Å². The Bertz CT molecular complexity index is 229. The van der Waals surface area contributed by atoms with Crippen LogP contribution in [0.1, 0.15) is 19.3 Å². The second kappa shape index (κ2) is 3.92. The third-order valence-corrected chi connectivity index (χ3v) is 2.71. The first-order chi connectivity index (χ1) is 6.34. The minimum Gasteiger partial charge on any atom is -0.352 e. The highest BCUT2D eigenvalue weighted by Gasteiger charge is 2.15. The van der Waals surface area contributed by atoms with Crippen molar-refractivity contribution < 1.29 is 4.79 Å². The summed E-state index contributed by atoms with van der Waals surface area (Å²) in [4.78, 5) is 13.5. The predicted octanol–water partition coefficient (Wildman–Crippen LogP) is 0.528. The molecule has 3 heteroatoms. The smallest absolute Gasteiger partial charge is 0.243 e. The quantitative estimate of drug-likeness (QED) is 0.672. The standard InChI is InChI=1S/C10H16N2O/c13-10-7-9(3-4-11-10)8-12-5-1-2-6-12/h7H,1-6,8H2,(H,11,13). The van der Waals surface area contributed by atoms with E-state index < -0.39 is 0 Å². The van der Waals surface area contributed by atoms with E-state index in [1.807, 2.05) is 0 Å². The van der Waals surface area contributed by atoms with Crippen LogP contribution >= 0.6 is 0 Å². The largest absolute Gasteiger partial charge is 0.352 e. The average Bonchev–Trinajstić information content (AvgIpc) is 2.57. The van der Waals surface area contributed by atoms with E-state index in [0.717, 1.165) is 19.5 Å². The van der Waals surface area contributed by atoms with Crippen LogP contribution in [0, 0.1) is 0 Å². The van der Waals surface area contributed by atoms with Crippen molar-refractivity contribution in [2.75, 3.05) is 26.2 Å². The SMILES string of the molecule is O=C1C=C(CN2CCCC2)CCN1. The summed E-state index contributed by atoms with van der Waals surface area (Å²) in [5.41, 5.74) is 1.30. The molecule has 1 saturated heterocycles. The van der Waals surface area contributed by atoms with E-state index in [1.165, 1.54) is 31.5 Å². The molecule has 2 rings (SSSR count). The molecule has 0 aromatic rings. The zero-order valence-corrected chi connectivity index (χ0v) is 7.88. The van der Waals surface area contributed by atoms with Crippen LogP contribution in [0.2, 0.25) is 0 Å². The van der Waals surface area contributed by atoms with Crippen LogP contribution in [0.3, 0.4) is 0 Å². The summed E-state index contributed by atoms with van der Waals surface area (Å²) < 4.78 is 0. The fourth-order valence-electron chi connectivity index (χ4n) is 2.01.